The fourth-order valence-corrected chi connectivity index (χ4v) is 2.23. The highest BCUT2D eigenvalue weighted by Crippen LogP contribution is 2.22. The Balaban J connectivity index is 2.27. The number of hydrogen-bond acceptors (Lipinski definition) is 2. The van der Waals surface area contributed by atoms with Crippen molar-refractivity contribution in [3.8, 4) is 5.75 Å². The van der Waals surface area contributed by atoms with Gasteiger partial charge in [0.2, 0.25) is 0 Å². The molecule has 0 aliphatic rings. The Hall–Kier alpha value is -1.02. The molecule has 0 heterocycles. The predicted molar refractivity (Wildman–Crippen MR) is 85.2 cm³/mol. The average Bonchev–Trinajstić information content (AvgIpc) is 2.48. The van der Waals surface area contributed by atoms with Crippen LogP contribution in [-0.2, 0) is 0 Å². The molecule has 0 aliphatic heterocycles. The Morgan fingerprint density at radius 1 is 0.900 bits per heavy atom. The third-order valence-corrected chi connectivity index (χ3v) is 3.61. The van der Waals surface area contributed by atoms with Crippen LogP contribution in [0.5, 0.6) is 5.75 Å². The molecule has 1 rings (SSSR count). The summed E-state index contributed by atoms with van der Waals surface area (Å²) in [5.74, 6) is 0.900. The van der Waals surface area contributed by atoms with Crippen LogP contribution >= 0.6 is 0 Å². The molecule has 1 unspecified atom stereocenters. The molecule has 2 nitrogen and oxygen atoms in total. The molecule has 1 aromatic rings. The first-order valence-corrected chi connectivity index (χ1v) is 8.18. The normalized spacial score (nSPS) is 12.3. The van der Waals surface area contributed by atoms with Gasteiger partial charge in [-0.1, -0.05) is 64.5 Å². The second-order valence-corrected chi connectivity index (χ2v) is 5.49. The van der Waals surface area contributed by atoms with Gasteiger partial charge in [0.05, 0.1) is 12.7 Å². The fourth-order valence-electron chi connectivity index (χ4n) is 2.23. The van der Waals surface area contributed by atoms with Crippen LogP contribution in [0.1, 0.15) is 76.9 Å². The minimum absolute atomic E-state index is 0.332. The number of aliphatic hydroxyl groups excluding tert-OH is 1. The van der Waals surface area contributed by atoms with Crippen LogP contribution in [0, 0.1) is 0 Å². The van der Waals surface area contributed by atoms with E-state index in [0.29, 0.717) is 0 Å². The number of aliphatic hydroxyl groups is 1. The zero-order valence-corrected chi connectivity index (χ0v) is 13.1. The number of hydrogen-bond donors (Lipinski definition) is 1. The summed E-state index contributed by atoms with van der Waals surface area (Å²) in [5, 5.41) is 10.1. The van der Waals surface area contributed by atoms with Gasteiger partial charge in [0.15, 0.2) is 0 Å². The molecule has 0 bridgehead atoms. The summed E-state index contributed by atoms with van der Waals surface area (Å²) in [6.07, 6.45) is 8.95. The van der Waals surface area contributed by atoms with Gasteiger partial charge in [0.1, 0.15) is 5.75 Å². The maximum atomic E-state index is 10.1. The molecule has 0 saturated heterocycles. The molecular weight excluding hydrogens is 248 g/mol. The molecule has 0 spiro atoms. The Morgan fingerprint density at radius 2 is 1.55 bits per heavy atom. The summed E-state index contributed by atoms with van der Waals surface area (Å²) in [4.78, 5) is 0. The third-order valence-electron chi connectivity index (χ3n) is 3.61. The Kier molecular flexibility index (Phi) is 9.14. The van der Waals surface area contributed by atoms with Gasteiger partial charge in [-0.3, -0.25) is 0 Å². The van der Waals surface area contributed by atoms with Crippen LogP contribution in [0.3, 0.4) is 0 Å². The van der Waals surface area contributed by atoms with Crippen LogP contribution in [0.25, 0.3) is 0 Å². The van der Waals surface area contributed by atoms with E-state index in [1.54, 1.807) is 0 Å². The van der Waals surface area contributed by atoms with E-state index < -0.39 is 0 Å². The van der Waals surface area contributed by atoms with E-state index >= 15 is 0 Å². The quantitative estimate of drug-likeness (QED) is 0.559. The first kappa shape index (κ1) is 17.0. The van der Waals surface area contributed by atoms with Gasteiger partial charge in [-0.15, -0.1) is 0 Å². The van der Waals surface area contributed by atoms with Crippen molar-refractivity contribution in [1.82, 2.24) is 0 Å². The molecule has 1 aromatic carbocycles. The van der Waals surface area contributed by atoms with Crippen molar-refractivity contribution in [2.75, 3.05) is 6.61 Å². The summed E-state index contributed by atoms with van der Waals surface area (Å²) in [7, 11) is 0. The van der Waals surface area contributed by atoms with E-state index in [2.05, 4.69) is 13.8 Å². The standard InChI is InChI=1S/C18H30O2/c1-3-5-7-8-9-10-18(19)16-11-13-17(14-12-16)20-15-6-4-2/h11-14,18-19H,3-10,15H2,1-2H3. The summed E-state index contributed by atoms with van der Waals surface area (Å²) in [6, 6.07) is 7.90. The molecule has 20 heavy (non-hydrogen) atoms. The number of benzene rings is 1. The molecule has 114 valence electrons. The van der Waals surface area contributed by atoms with Crippen LogP contribution < -0.4 is 4.74 Å². The average molecular weight is 278 g/mol. The second kappa shape index (κ2) is 10.7. The van der Waals surface area contributed by atoms with Gasteiger partial charge in [-0.05, 0) is 30.5 Å². The van der Waals surface area contributed by atoms with Crippen molar-refractivity contribution in [1.29, 1.82) is 0 Å². The minimum Gasteiger partial charge on any atom is -0.494 e. The van der Waals surface area contributed by atoms with Gasteiger partial charge < -0.3 is 9.84 Å². The van der Waals surface area contributed by atoms with E-state index in [9.17, 15) is 5.11 Å². The summed E-state index contributed by atoms with van der Waals surface area (Å²) in [5.41, 5.74) is 1.00. The second-order valence-electron chi connectivity index (χ2n) is 5.49. The highest BCUT2D eigenvalue weighted by Gasteiger charge is 2.07. The number of unbranched alkanes of at least 4 members (excludes halogenated alkanes) is 5. The maximum Gasteiger partial charge on any atom is 0.119 e. The lowest BCUT2D eigenvalue weighted by atomic mass is 10.0. The molecule has 0 fully saturated rings. The van der Waals surface area contributed by atoms with Crippen LogP contribution in [0.15, 0.2) is 24.3 Å². The summed E-state index contributed by atoms with van der Waals surface area (Å²) in [6.45, 7) is 5.15. The van der Waals surface area contributed by atoms with E-state index in [0.717, 1.165) is 43.6 Å². The molecule has 1 N–H and O–H groups in total. The van der Waals surface area contributed by atoms with Crippen LogP contribution in [0.4, 0.5) is 0 Å². The Morgan fingerprint density at radius 3 is 2.20 bits per heavy atom. The highest BCUT2D eigenvalue weighted by atomic mass is 16.5. The van der Waals surface area contributed by atoms with Crippen molar-refractivity contribution in [2.24, 2.45) is 0 Å². The first-order valence-electron chi connectivity index (χ1n) is 8.18. The smallest absolute Gasteiger partial charge is 0.119 e. The topological polar surface area (TPSA) is 29.5 Å². The third kappa shape index (κ3) is 6.95. The van der Waals surface area contributed by atoms with E-state index in [1.165, 1.54) is 25.7 Å². The first-order chi connectivity index (χ1) is 9.77. The zero-order valence-electron chi connectivity index (χ0n) is 13.1. The van der Waals surface area contributed by atoms with Crippen LogP contribution in [0.2, 0.25) is 0 Å². The monoisotopic (exact) mass is 278 g/mol. The van der Waals surface area contributed by atoms with E-state index in [1.807, 2.05) is 24.3 Å². The molecule has 0 aromatic heterocycles. The number of ether oxygens (including phenoxy) is 1. The molecule has 2 heteroatoms. The maximum absolute atomic E-state index is 10.1. The molecule has 0 aliphatic carbocycles. The van der Waals surface area contributed by atoms with Gasteiger partial charge in [-0.2, -0.15) is 0 Å². The van der Waals surface area contributed by atoms with Crippen molar-refractivity contribution < 1.29 is 9.84 Å². The summed E-state index contributed by atoms with van der Waals surface area (Å²) < 4.78 is 5.62. The van der Waals surface area contributed by atoms with Gasteiger partial charge >= 0.3 is 0 Å². The number of rotatable bonds is 11. The Bertz CT molecular complexity index is 332. The molecular formula is C18H30O2. The highest BCUT2D eigenvalue weighted by molar-refractivity contribution is 5.28. The zero-order chi connectivity index (χ0) is 14.6. The molecule has 0 saturated carbocycles. The van der Waals surface area contributed by atoms with E-state index in [-0.39, 0.29) is 6.10 Å². The van der Waals surface area contributed by atoms with Crippen molar-refractivity contribution in [2.45, 2.75) is 71.3 Å². The van der Waals surface area contributed by atoms with Gasteiger partial charge in [-0.25, -0.2) is 0 Å². The lowest BCUT2D eigenvalue weighted by molar-refractivity contribution is 0.163. The Labute approximate surface area is 124 Å². The van der Waals surface area contributed by atoms with Gasteiger partial charge in [0, 0.05) is 0 Å². The minimum atomic E-state index is -0.332. The fraction of sp³-hybridized carbons (Fsp3) is 0.667. The van der Waals surface area contributed by atoms with Crippen molar-refractivity contribution in [3.05, 3.63) is 29.8 Å². The lowest BCUT2D eigenvalue weighted by Gasteiger charge is -2.12. The van der Waals surface area contributed by atoms with Crippen molar-refractivity contribution >= 4 is 0 Å². The summed E-state index contributed by atoms with van der Waals surface area (Å²) >= 11 is 0. The predicted octanol–water partition coefficient (Wildman–Crippen LogP) is 5.26. The largest absolute Gasteiger partial charge is 0.494 e. The molecule has 0 radical (unpaired) electrons. The molecule has 0 amide bonds. The SMILES string of the molecule is CCCCCCCC(O)c1ccc(OCCCC)cc1. The van der Waals surface area contributed by atoms with Crippen LogP contribution in [-0.4, -0.2) is 11.7 Å². The van der Waals surface area contributed by atoms with E-state index in [4.69, 9.17) is 4.74 Å². The lowest BCUT2D eigenvalue weighted by Crippen LogP contribution is -1.99. The molecule has 1 atom stereocenters. The van der Waals surface area contributed by atoms with Gasteiger partial charge in [0.25, 0.3) is 0 Å². The van der Waals surface area contributed by atoms with Crippen molar-refractivity contribution in [3.63, 3.8) is 0 Å².